The molecule has 0 aliphatic heterocycles. The van der Waals surface area contributed by atoms with E-state index in [9.17, 15) is 13.2 Å². The molecule has 176 valence electrons. The van der Waals surface area contributed by atoms with Crippen LogP contribution in [0.4, 0.5) is 11.5 Å². The summed E-state index contributed by atoms with van der Waals surface area (Å²) in [5, 5.41) is 6.42. The fourth-order valence-corrected chi connectivity index (χ4v) is 4.39. The number of halogens is 1. The molecule has 0 aliphatic rings. The van der Waals surface area contributed by atoms with Gasteiger partial charge >= 0.3 is 0 Å². The first-order valence-corrected chi connectivity index (χ1v) is 12.9. The maximum atomic E-state index is 12.9. The summed E-state index contributed by atoms with van der Waals surface area (Å²) in [6.45, 7) is 4.34. The summed E-state index contributed by atoms with van der Waals surface area (Å²) in [6, 6.07) is 12.6. The molecule has 0 aliphatic carbocycles. The molecule has 10 heteroatoms. The Morgan fingerprint density at radius 1 is 1.09 bits per heavy atom. The number of rotatable bonds is 11. The van der Waals surface area contributed by atoms with Crippen LogP contribution in [0.1, 0.15) is 48.7 Å². The molecule has 2 N–H and O–H groups in total. The summed E-state index contributed by atoms with van der Waals surface area (Å²) in [4.78, 5) is 12.9. The van der Waals surface area contributed by atoms with Gasteiger partial charge in [-0.15, -0.1) is 0 Å². The highest BCUT2D eigenvalue weighted by molar-refractivity contribution is 9.10. The van der Waals surface area contributed by atoms with Gasteiger partial charge in [0.05, 0.1) is 17.1 Å². The first-order valence-electron chi connectivity index (χ1n) is 10.6. The second-order valence-corrected chi connectivity index (χ2v) is 10.1. The highest BCUT2D eigenvalue weighted by Crippen LogP contribution is 2.25. The first kappa shape index (κ1) is 24.8. The number of benzene rings is 2. The van der Waals surface area contributed by atoms with Crippen LogP contribution in [-0.2, 0) is 10.0 Å². The van der Waals surface area contributed by atoms with E-state index in [0.717, 1.165) is 30.2 Å². The number of unbranched alkanes of at least 4 members (excludes halogenated alkanes) is 3. The molecule has 33 heavy (non-hydrogen) atoms. The van der Waals surface area contributed by atoms with Crippen molar-refractivity contribution in [3.05, 3.63) is 64.3 Å². The van der Waals surface area contributed by atoms with Crippen molar-refractivity contribution < 1.29 is 22.5 Å². The maximum absolute atomic E-state index is 12.9. The number of nitrogens with zero attached hydrogens (tertiary/aromatic N) is 1. The molecule has 3 aromatic rings. The van der Waals surface area contributed by atoms with Gasteiger partial charge in [0, 0.05) is 16.2 Å². The van der Waals surface area contributed by atoms with Crippen molar-refractivity contribution in [2.75, 3.05) is 16.6 Å². The molecular weight excluding hydrogens is 510 g/mol. The van der Waals surface area contributed by atoms with Gasteiger partial charge in [0.15, 0.2) is 5.82 Å². The Balaban J connectivity index is 1.67. The van der Waals surface area contributed by atoms with Gasteiger partial charge in [0.2, 0.25) is 0 Å². The fraction of sp³-hybridized carbons (Fsp3) is 0.304. The van der Waals surface area contributed by atoms with Gasteiger partial charge in [0.1, 0.15) is 11.5 Å². The van der Waals surface area contributed by atoms with Gasteiger partial charge < -0.3 is 14.6 Å². The summed E-state index contributed by atoms with van der Waals surface area (Å²) in [5.74, 6) is 0.731. The van der Waals surface area contributed by atoms with E-state index in [1.165, 1.54) is 30.3 Å². The second-order valence-electron chi connectivity index (χ2n) is 7.46. The van der Waals surface area contributed by atoms with Crippen LogP contribution < -0.4 is 14.8 Å². The van der Waals surface area contributed by atoms with Crippen LogP contribution in [0.15, 0.2) is 62.4 Å². The number of amides is 1. The first-order chi connectivity index (χ1) is 15.8. The summed E-state index contributed by atoms with van der Waals surface area (Å²) in [7, 11) is -3.84. The predicted molar refractivity (Wildman–Crippen MR) is 130 cm³/mol. The Morgan fingerprint density at radius 2 is 1.85 bits per heavy atom. The zero-order valence-corrected chi connectivity index (χ0v) is 20.8. The minimum atomic E-state index is -3.84. The van der Waals surface area contributed by atoms with E-state index in [4.69, 9.17) is 9.26 Å². The van der Waals surface area contributed by atoms with Crippen LogP contribution in [0.25, 0.3) is 0 Å². The summed E-state index contributed by atoms with van der Waals surface area (Å²) in [6.07, 6.45) is 4.29. The SMILES string of the molecule is CCCCCCOc1ccc(Br)cc1C(=O)Nc1ccc(S(=O)(=O)Nc2cc(C)on2)cc1. The third-order valence-corrected chi connectivity index (χ3v) is 6.59. The monoisotopic (exact) mass is 535 g/mol. The average Bonchev–Trinajstić information content (AvgIpc) is 3.18. The lowest BCUT2D eigenvalue weighted by Gasteiger charge is -2.13. The molecule has 1 amide bonds. The zero-order chi connectivity index (χ0) is 23.8. The lowest BCUT2D eigenvalue weighted by molar-refractivity contribution is 0.102. The predicted octanol–water partition coefficient (Wildman–Crippen LogP) is 5.76. The summed E-state index contributed by atoms with van der Waals surface area (Å²) >= 11 is 3.39. The van der Waals surface area contributed by atoms with Crippen LogP contribution in [-0.4, -0.2) is 26.1 Å². The number of hydrogen-bond donors (Lipinski definition) is 2. The highest BCUT2D eigenvalue weighted by atomic mass is 79.9. The minimum Gasteiger partial charge on any atom is -0.493 e. The van der Waals surface area contributed by atoms with E-state index in [2.05, 4.69) is 38.0 Å². The van der Waals surface area contributed by atoms with Crippen LogP contribution in [0.2, 0.25) is 0 Å². The fourth-order valence-electron chi connectivity index (χ4n) is 3.04. The van der Waals surface area contributed by atoms with Gasteiger partial charge in [0.25, 0.3) is 15.9 Å². The van der Waals surface area contributed by atoms with Crippen molar-refractivity contribution in [2.24, 2.45) is 0 Å². The third-order valence-electron chi connectivity index (χ3n) is 4.73. The maximum Gasteiger partial charge on any atom is 0.263 e. The Morgan fingerprint density at radius 3 is 2.52 bits per heavy atom. The van der Waals surface area contributed by atoms with E-state index in [0.29, 0.717) is 29.4 Å². The zero-order valence-electron chi connectivity index (χ0n) is 18.4. The van der Waals surface area contributed by atoms with Crippen LogP contribution >= 0.6 is 15.9 Å². The largest absolute Gasteiger partial charge is 0.493 e. The number of hydrogen-bond acceptors (Lipinski definition) is 6. The van der Waals surface area contributed by atoms with Gasteiger partial charge in [-0.3, -0.25) is 9.52 Å². The summed E-state index contributed by atoms with van der Waals surface area (Å²) < 4.78 is 38.8. The molecule has 1 aromatic heterocycles. The van der Waals surface area contributed by atoms with Crippen molar-refractivity contribution in [1.82, 2.24) is 5.16 Å². The van der Waals surface area contributed by atoms with Crippen molar-refractivity contribution in [3.63, 3.8) is 0 Å². The van der Waals surface area contributed by atoms with E-state index in [-0.39, 0.29) is 16.6 Å². The number of aryl methyl sites for hydroxylation is 1. The molecule has 0 radical (unpaired) electrons. The topological polar surface area (TPSA) is 111 Å². The number of nitrogens with one attached hydrogen (secondary N) is 2. The Labute approximate surface area is 201 Å². The Bertz CT molecular complexity index is 1190. The van der Waals surface area contributed by atoms with E-state index >= 15 is 0 Å². The average molecular weight is 536 g/mol. The minimum absolute atomic E-state index is 0.0275. The van der Waals surface area contributed by atoms with Gasteiger partial charge in [-0.05, 0) is 55.8 Å². The van der Waals surface area contributed by atoms with Gasteiger partial charge in [-0.2, -0.15) is 0 Å². The van der Waals surface area contributed by atoms with Crippen molar-refractivity contribution in [2.45, 2.75) is 44.4 Å². The Kier molecular flexibility index (Phi) is 8.51. The van der Waals surface area contributed by atoms with Gasteiger partial charge in [-0.1, -0.05) is 47.3 Å². The molecule has 0 atom stereocenters. The molecule has 0 unspecified atom stereocenters. The second kappa shape index (κ2) is 11.3. The number of carbonyl (C=O) groups is 1. The number of carbonyl (C=O) groups excluding carboxylic acids is 1. The number of anilines is 2. The van der Waals surface area contributed by atoms with Crippen molar-refractivity contribution >= 4 is 43.4 Å². The van der Waals surface area contributed by atoms with Crippen LogP contribution in [0.5, 0.6) is 5.75 Å². The molecule has 2 aromatic carbocycles. The molecule has 3 rings (SSSR count). The van der Waals surface area contributed by atoms with Gasteiger partial charge in [-0.25, -0.2) is 8.42 Å². The lowest BCUT2D eigenvalue weighted by atomic mass is 10.1. The highest BCUT2D eigenvalue weighted by Gasteiger charge is 2.18. The van der Waals surface area contributed by atoms with Crippen LogP contribution in [0, 0.1) is 6.92 Å². The van der Waals surface area contributed by atoms with E-state index in [1.807, 2.05) is 6.07 Å². The molecule has 0 spiro atoms. The molecule has 8 nitrogen and oxygen atoms in total. The number of aromatic nitrogens is 1. The van der Waals surface area contributed by atoms with E-state index < -0.39 is 10.0 Å². The van der Waals surface area contributed by atoms with Crippen molar-refractivity contribution in [3.8, 4) is 5.75 Å². The van der Waals surface area contributed by atoms with Crippen LogP contribution in [0.3, 0.4) is 0 Å². The third kappa shape index (κ3) is 7.06. The summed E-state index contributed by atoms with van der Waals surface area (Å²) in [5.41, 5.74) is 0.838. The normalized spacial score (nSPS) is 11.2. The Hall–Kier alpha value is -2.85. The standard InChI is InChI=1S/C23H26BrN3O5S/c1-3-4-5-6-13-31-21-12-7-17(24)15-20(21)23(28)25-18-8-10-19(11-9-18)33(29,30)27-22-14-16(2)32-26-22/h7-12,14-15H,3-6,13H2,1-2H3,(H,25,28)(H,26,27). The molecule has 0 saturated carbocycles. The molecular formula is C23H26BrN3O5S. The molecule has 0 saturated heterocycles. The lowest BCUT2D eigenvalue weighted by Crippen LogP contribution is -2.15. The molecule has 1 heterocycles. The number of sulfonamides is 1. The number of ether oxygens (including phenoxy) is 1. The van der Waals surface area contributed by atoms with Crippen molar-refractivity contribution in [1.29, 1.82) is 0 Å². The quantitative estimate of drug-likeness (QED) is 0.302. The van der Waals surface area contributed by atoms with E-state index in [1.54, 1.807) is 19.1 Å². The molecule has 0 fully saturated rings. The molecule has 0 bridgehead atoms. The smallest absolute Gasteiger partial charge is 0.263 e.